The van der Waals surface area contributed by atoms with Gasteiger partial charge >= 0.3 is 0 Å². The number of anilines is 1. The van der Waals surface area contributed by atoms with E-state index in [9.17, 15) is 8.42 Å². The summed E-state index contributed by atoms with van der Waals surface area (Å²) in [5, 5.41) is 3.14. The summed E-state index contributed by atoms with van der Waals surface area (Å²) in [6.45, 7) is 2.47. The van der Waals surface area contributed by atoms with Crippen molar-refractivity contribution < 1.29 is 8.42 Å². The highest BCUT2D eigenvalue weighted by Crippen LogP contribution is 2.27. The zero-order chi connectivity index (χ0) is 20.3. The van der Waals surface area contributed by atoms with Crippen LogP contribution in [0.4, 0.5) is 5.82 Å². The van der Waals surface area contributed by atoms with Gasteiger partial charge in [0.2, 0.25) is 14.9 Å². The topological polar surface area (TPSA) is 72.0 Å². The predicted molar refractivity (Wildman–Crippen MR) is 115 cm³/mol. The SMILES string of the molecule is Cc1ccc(S(=O)(=O)c2nc3ccccc3nc2NCCc2ccccc2)cc1. The molecule has 5 nitrogen and oxygen atoms in total. The van der Waals surface area contributed by atoms with Gasteiger partial charge in [0.1, 0.15) is 0 Å². The first-order chi connectivity index (χ1) is 14.0. The van der Waals surface area contributed by atoms with E-state index in [0.717, 1.165) is 17.5 Å². The van der Waals surface area contributed by atoms with Gasteiger partial charge in [-0.3, -0.25) is 0 Å². The fourth-order valence-corrected chi connectivity index (χ4v) is 4.39. The first-order valence-electron chi connectivity index (χ1n) is 9.40. The monoisotopic (exact) mass is 403 g/mol. The normalized spacial score (nSPS) is 11.5. The molecule has 0 atom stereocenters. The molecular weight excluding hydrogens is 382 g/mol. The van der Waals surface area contributed by atoms with E-state index in [1.807, 2.05) is 55.5 Å². The van der Waals surface area contributed by atoms with Crippen LogP contribution >= 0.6 is 0 Å². The quantitative estimate of drug-likeness (QED) is 0.516. The Kier molecular flexibility index (Phi) is 5.27. The van der Waals surface area contributed by atoms with E-state index < -0.39 is 9.84 Å². The minimum absolute atomic E-state index is 0.0480. The fraction of sp³-hybridized carbons (Fsp3) is 0.130. The summed E-state index contributed by atoms with van der Waals surface area (Å²) in [6, 6.07) is 24.1. The van der Waals surface area contributed by atoms with Crippen molar-refractivity contribution in [3.8, 4) is 0 Å². The van der Waals surface area contributed by atoms with Crippen molar-refractivity contribution >= 4 is 26.7 Å². The van der Waals surface area contributed by atoms with Crippen LogP contribution in [0.25, 0.3) is 11.0 Å². The largest absolute Gasteiger partial charge is 0.367 e. The van der Waals surface area contributed by atoms with Crippen LogP contribution in [0.15, 0.2) is 88.8 Å². The van der Waals surface area contributed by atoms with E-state index in [1.165, 1.54) is 0 Å². The molecule has 1 heterocycles. The molecule has 0 unspecified atom stereocenters. The number of nitrogens with zero attached hydrogens (tertiary/aromatic N) is 2. The van der Waals surface area contributed by atoms with E-state index in [-0.39, 0.29) is 15.7 Å². The van der Waals surface area contributed by atoms with Gasteiger partial charge in [-0.25, -0.2) is 18.4 Å². The third-order valence-corrected chi connectivity index (χ3v) is 6.36. The second-order valence-corrected chi connectivity index (χ2v) is 8.71. The molecule has 4 aromatic rings. The summed E-state index contributed by atoms with van der Waals surface area (Å²) in [4.78, 5) is 9.23. The third kappa shape index (κ3) is 4.12. The molecule has 0 spiro atoms. The lowest BCUT2D eigenvalue weighted by Gasteiger charge is -2.13. The Morgan fingerprint density at radius 2 is 1.41 bits per heavy atom. The smallest absolute Gasteiger partial charge is 0.227 e. The Morgan fingerprint density at radius 1 is 0.793 bits per heavy atom. The summed E-state index contributed by atoms with van der Waals surface area (Å²) >= 11 is 0. The van der Waals surface area contributed by atoms with Crippen molar-refractivity contribution in [1.29, 1.82) is 0 Å². The number of benzene rings is 3. The Morgan fingerprint density at radius 3 is 2.10 bits per heavy atom. The van der Waals surface area contributed by atoms with Gasteiger partial charge in [-0.1, -0.05) is 60.2 Å². The number of para-hydroxylation sites is 2. The molecule has 0 aliphatic carbocycles. The lowest BCUT2D eigenvalue weighted by Crippen LogP contribution is -2.14. The molecule has 1 aromatic heterocycles. The van der Waals surface area contributed by atoms with Gasteiger partial charge < -0.3 is 5.32 Å². The van der Waals surface area contributed by atoms with Crippen molar-refractivity contribution in [3.05, 3.63) is 90.0 Å². The van der Waals surface area contributed by atoms with Crippen LogP contribution in [0.3, 0.4) is 0 Å². The maximum absolute atomic E-state index is 13.3. The average molecular weight is 404 g/mol. The first kappa shape index (κ1) is 19.1. The Labute approximate surface area is 170 Å². The Hall–Kier alpha value is -3.25. The van der Waals surface area contributed by atoms with Crippen LogP contribution in [-0.4, -0.2) is 24.9 Å². The molecule has 146 valence electrons. The van der Waals surface area contributed by atoms with Gasteiger partial charge in [0.15, 0.2) is 5.82 Å². The molecular formula is C23H21N3O2S. The summed E-state index contributed by atoms with van der Waals surface area (Å²) in [6.07, 6.45) is 0.749. The number of sulfone groups is 1. The van der Waals surface area contributed by atoms with Crippen LogP contribution in [-0.2, 0) is 16.3 Å². The van der Waals surface area contributed by atoms with Crippen molar-refractivity contribution in [2.24, 2.45) is 0 Å². The molecule has 0 aliphatic heterocycles. The lowest BCUT2D eigenvalue weighted by molar-refractivity contribution is 0.592. The van der Waals surface area contributed by atoms with E-state index in [2.05, 4.69) is 15.3 Å². The van der Waals surface area contributed by atoms with E-state index in [0.29, 0.717) is 17.6 Å². The van der Waals surface area contributed by atoms with E-state index in [4.69, 9.17) is 0 Å². The van der Waals surface area contributed by atoms with E-state index in [1.54, 1.807) is 30.3 Å². The molecule has 3 aromatic carbocycles. The first-order valence-corrected chi connectivity index (χ1v) is 10.9. The fourth-order valence-electron chi connectivity index (χ4n) is 3.09. The van der Waals surface area contributed by atoms with Crippen molar-refractivity contribution in [2.45, 2.75) is 23.3 Å². The molecule has 0 bridgehead atoms. The number of rotatable bonds is 6. The zero-order valence-electron chi connectivity index (χ0n) is 16.0. The van der Waals surface area contributed by atoms with Gasteiger partial charge in [-0.15, -0.1) is 0 Å². The molecule has 0 saturated heterocycles. The molecule has 0 fully saturated rings. The Bertz CT molecular complexity index is 1240. The summed E-state index contributed by atoms with van der Waals surface area (Å²) < 4.78 is 26.6. The average Bonchev–Trinajstić information content (AvgIpc) is 2.74. The van der Waals surface area contributed by atoms with Gasteiger partial charge in [0.25, 0.3) is 0 Å². The minimum atomic E-state index is -3.81. The third-order valence-electron chi connectivity index (χ3n) is 4.67. The number of aromatic nitrogens is 2. The Balaban J connectivity index is 1.73. The molecule has 0 aliphatic rings. The van der Waals surface area contributed by atoms with Gasteiger partial charge in [0, 0.05) is 6.54 Å². The summed E-state index contributed by atoms with van der Waals surface area (Å²) in [5.74, 6) is 0.278. The minimum Gasteiger partial charge on any atom is -0.367 e. The van der Waals surface area contributed by atoms with E-state index >= 15 is 0 Å². The van der Waals surface area contributed by atoms with Gasteiger partial charge in [0.05, 0.1) is 15.9 Å². The van der Waals surface area contributed by atoms with Crippen molar-refractivity contribution in [3.63, 3.8) is 0 Å². The van der Waals surface area contributed by atoms with Crippen LogP contribution in [0.5, 0.6) is 0 Å². The lowest BCUT2D eigenvalue weighted by atomic mass is 10.1. The molecule has 29 heavy (non-hydrogen) atoms. The highest BCUT2D eigenvalue weighted by atomic mass is 32.2. The van der Waals surface area contributed by atoms with Crippen LogP contribution in [0, 0.1) is 6.92 Å². The standard InChI is InChI=1S/C23H21N3O2S/c1-17-11-13-19(14-12-17)29(27,28)23-22(24-16-15-18-7-3-2-4-8-18)25-20-9-5-6-10-21(20)26-23/h2-14H,15-16H2,1H3,(H,24,25). The number of nitrogens with one attached hydrogen (secondary N) is 1. The second kappa shape index (κ2) is 8.01. The number of fused-ring (bicyclic) bond motifs is 1. The maximum Gasteiger partial charge on any atom is 0.227 e. The molecule has 4 rings (SSSR count). The molecule has 0 radical (unpaired) electrons. The maximum atomic E-state index is 13.3. The van der Waals surface area contributed by atoms with Crippen molar-refractivity contribution in [1.82, 2.24) is 9.97 Å². The van der Waals surface area contributed by atoms with Crippen LogP contribution < -0.4 is 5.32 Å². The van der Waals surface area contributed by atoms with Gasteiger partial charge in [-0.05, 0) is 43.2 Å². The highest BCUT2D eigenvalue weighted by molar-refractivity contribution is 7.91. The van der Waals surface area contributed by atoms with Crippen LogP contribution in [0.2, 0.25) is 0 Å². The molecule has 0 saturated carbocycles. The number of aryl methyl sites for hydroxylation is 1. The second-order valence-electron chi connectivity index (χ2n) is 6.84. The highest BCUT2D eigenvalue weighted by Gasteiger charge is 2.25. The summed E-state index contributed by atoms with van der Waals surface area (Å²) in [5.41, 5.74) is 3.36. The molecule has 6 heteroatoms. The van der Waals surface area contributed by atoms with Gasteiger partial charge in [-0.2, -0.15) is 0 Å². The number of hydrogen-bond acceptors (Lipinski definition) is 5. The van der Waals surface area contributed by atoms with Crippen molar-refractivity contribution in [2.75, 3.05) is 11.9 Å². The molecule has 0 amide bonds. The zero-order valence-corrected chi connectivity index (χ0v) is 16.9. The van der Waals surface area contributed by atoms with Crippen LogP contribution in [0.1, 0.15) is 11.1 Å². The summed E-state index contributed by atoms with van der Waals surface area (Å²) in [7, 11) is -3.81. The molecule has 1 N–H and O–H groups in total. The predicted octanol–water partition coefficient (Wildman–Crippen LogP) is 4.43. The number of hydrogen-bond donors (Lipinski definition) is 1.